The van der Waals surface area contributed by atoms with Gasteiger partial charge in [0.1, 0.15) is 0 Å². The van der Waals surface area contributed by atoms with Gasteiger partial charge in [0.15, 0.2) is 0 Å². The zero-order valence-electron chi connectivity index (χ0n) is 8.33. The van der Waals surface area contributed by atoms with Crippen LogP contribution in [0, 0.1) is 5.92 Å². The molecule has 1 aromatic heterocycles. The maximum atomic E-state index is 4.32. The Morgan fingerprint density at radius 3 is 2.93 bits per heavy atom. The second-order valence-electron chi connectivity index (χ2n) is 3.97. The Hall–Kier alpha value is -0.410. The van der Waals surface area contributed by atoms with Crippen LogP contribution in [0.5, 0.6) is 0 Å². The number of hydrogen-bond acceptors (Lipinski definition) is 2. The molecule has 0 saturated heterocycles. The normalized spacial score (nSPS) is 18.1. The van der Waals surface area contributed by atoms with Crippen molar-refractivity contribution in [1.82, 2.24) is 10.3 Å². The number of rotatable bonds is 4. The number of hydrogen-bond donors (Lipinski definition) is 1. The van der Waals surface area contributed by atoms with E-state index in [1.54, 1.807) is 0 Å². The molecule has 1 atom stereocenters. The fraction of sp³-hybridized carbons (Fsp3) is 0.545. The van der Waals surface area contributed by atoms with E-state index in [2.05, 4.69) is 39.2 Å². The van der Waals surface area contributed by atoms with Gasteiger partial charge in [-0.05, 0) is 53.7 Å². The Bertz CT molecular complexity index is 293. The molecule has 2 rings (SSSR count). The molecule has 0 amide bonds. The average molecular weight is 255 g/mol. The topological polar surface area (TPSA) is 24.9 Å². The lowest BCUT2D eigenvalue weighted by Crippen LogP contribution is -2.27. The van der Waals surface area contributed by atoms with Crippen LogP contribution in [0.25, 0.3) is 0 Å². The predicted octanol–water partition coefficient (Wildman–Crippen LogP) is 2.73. The summed E-state index contributed by atoms with van der Waals surface area (Å²) in [5, 5.41) is 3.50. The van der Waals surface area contributed by atoms with Crippen molar-refractivity contribution in [3.05, 3.63) is 28.5 Å². The highest BCUT2D eigenvalue weighted by Gasteiger charge is 2.27. The van der Waals surface area contributed by atoms with Crippen LogP contribution in [0.2, 0.25) is 0 Å². The fourth-order valence-electron chi connectivity index (χ4n) is 1.54. The molecule has 0 spiro atoms. The van der Waals surface area contributed by atoms with E-state index in [0.29, 0.717) is 6.04 Å². The Morgan fingerprint density at radius 1 is 1.57 bits per heavy atom. The van der Waals surface area contributed by atoms with Crippen molar-refractivity contribution in [2.75, 3.05) is 0 Å². The minimum atomic E-state index is 0.639. The van der Waals surface area contributed by atoms with Crippen molar-refractivity contribution >= 4 is 15.9 Å². The third kappa shape index (κ3) is 2.79. The summed E-state index contributed by atoms with van der Waals surface area (Å²) in [6.07, 6.45) is 4.63. The average Bonchev–Trinajstić information content (AvgIpc) is 3.00. The minimum absolute atomic E-state index is 0.639. The molecule has 1 fully saturated rings. The van der Waals surface area contributed by atoms with Crippen molar-refractivity contribution in [2.24, 2.45) is 5.92 Å². The van der Waals surface area contributed by atoms with Gasteiger partial charge in [-0.15, -0.1) is 0 Å². The lowest BCUT2D eigenvalue weighted by molar-refractivity contribution is 0.492. The molecule has 1 saturated carbocycles. The Balaban J connectivity index is 1.82. The summed E-state index contributed by atoms with van der Waals surface area (Å²) in [4.78, 5) is 4.32. The van der Waals surface area contributed by atoms with Gasteiger partial charge in [-0.25, -0.2) is 0 Å². The first-order valence-corrected chi connectivity index (χ1v) is 5.89. The minimum Gasteiger partial charge on any atom is -0.308 e. The molecule has 0 radical (unpaired) electrons. The number of aromatic nitrogens is 1. The largest absolute Gasteiger partial charge is 0.308 e. The summed E-state index contributed by atoms with van der Waals surface area (Å²) >= 11 is 3.38. The maximum absolute atomic E-state index is 4.32. The molecule has 2 nitrogen and oxygen atoms in total. The van der Waals surface area contributed by atoms with Crippen molar-refractivity contribution < 1.29 is 0 Å². The van der Waals surface area contributed by atoms with E-state index in [-0.39, 0.29) is 0 Å². The molecule has 1 aliphatic carbocycles. The van der Waals surface area contributed by atoms with E-state index in [1.807, 2.05) is 12.3 Å². The molecule has 0 bridgehead atoms. The quantitative estimate of drug-likeness (QED) is 0.894. The van der Waals surface area contributed by atoms with Crippen LogP contribution >= 0.6 is 15.9 Å². The second kappa shape index (κ2) is 4.41. The summed E-state index contributed by atoms with van der Waals surface area (Å²) in [5.74, 6) is 0.908. The molecule has 1 N–H and O–H groups in total. The molecular formula is C11H15BrN2. The number of nitrogens with zero attached hydrogens (tertiary/aromatic N) is 1. The van der Waals surface area contributed by atoms with Crippen LogP contribution in [0.4, 0.5) is 0 Å². The Labute approximate surface area is 93.3 Å². The summed E-state index contributed by atoms with van der Waals surface area (Å²) < 4.78 is 1.04. The van der Waals surface area contributed by atoms with Gasteiger partial charge in [0.2, 0.25) is 0 Å². The van der Waals surface area contributed by atoms with Crippen molar-refractivity contribution in [2.45, 2.75) is 32.4 Å². The van der Waals surface area contributed by atoms with E-state index in [9.17, 15) is 0 Å². The molecule has 1 aliphatic rings. The van der Waals surface area contributed by atoms with Gasteiger partial charge in [0, 0.05) is 23.3 Å². The van der Waals surface area contributed by atoms with Gasteiger partial charge in [-0.2, -0.15) is 0 Å². The van der Waals surface area contributed by atoms with Crippen molar-refractivity contribution in [3.63, 3.8) is 0 Å². The molecule has 3 heteroatoms. The monoisotopic (exact) mass is 254 g/mol. The van der Waals surface area contributed by atoms with E-state index < -0.39 is 0 Å². The number of halogens is 1. The van der Waals surface area contributed by atoms with Gasteiger partial charge in [0.25, 0.3) is 0 Å². The first-order valence-electron chi connectivity index (χ1n) is 5.09. The van der Waals surface area contributed by atoms with Crippen LogP contribution in [0.1, 0.15) is 25.5 Å². The Kier molecular flexibility index (Phi) is 3.19. The number of pyridine rings is 1. The molecule has 1 aromatic rings. The smallest absolute Gasteiger partial charge is 0.0542 e. The maximum Gasteiger partial charge on any atom is 0.0542 e. The van der Waals surface area contributed by atoms with Crippen LogP contribution in [-0.4, -0.2) is 11.0 Å². The number of nitrogens with one attached hydrogen (secondary N) is 1. The fourth-order valence-corrected chi connectivity index (χ4v) is 1.77. The zero-order chi connectivity index (χ0) is 9.97. The van der Waals surface area contributed by atoms with Gasteiger partial charge in [-0.3, -0.25) is 4.98 Å². The summed E-state index contributed by atoms with van der Waals surface area (Å²) in [6, 6.07) is 4.73. The van der Waals surface area contributed by atoms with Crippen LogP contribution in [0.15, 0.2) is 22.8 Å². The van der Waals surface area contributed by atoms with Crippen LogP contribution < -0.4 is 5.32 Å². The van der Waals surface area contributed by atoms with E-state index in [1.165, 1.54) is 12.8 Å². The predicted molar refractivity (Wildman–Crippen MR) is 61.0 cm³/mol. The van der Waals surface area contributed by atoms with E-state index in [0.717, 1.165) is 22.6 Å². The molecule has 1 unspecified atom stereocenters. The van der Waals surface area contributed by atoms with Crippen LogP contribution in [-0.2, 0) is 6.54 Å². The summed E-state index contributed by atoms with van der Waals surface area (Å²) in [6.45, 7) is 3.14. The van der Waals surface area contributed by atoms with Gasteiger partial charge in [0.05, 0.1) is 5.69 Å². The molecule has 0 aromatic carbocycles. The first-order chi connectivity index (χ1) is 6.75. The first kappa shape index (κ1) is 10.1. The second-order valence-corrected chi connectivity index (χ2v) is 4.89. The van der Waals surface area contributed by atoms with Crippen LogP contribution in [0.3, 0.4) is 0 Å². The van der Waals surface area contributed by atoms with Crippen molar-refractivity contribution in [1.29, 1.82) is 0 Å². The molecule has 14 heavy (non-hydrogen) atoms. The highest BCUT2D eigenvalue weighted by Crippen LogP contribution is 2.32. The third-order valence-corrected chi connectivity index (χ3v) is 3.19. The molecule has 0 aliphatic heterocycles. The highest BCUT2D eigenvalue weighted by molar-refractivity contribution is 9.10. The summed E-state index contributed by atoms with van der Waals surface area (Å²) in [7, 11) is 0. The lowest BCUT2D eigenvalue weighted by atomic mass is 10.2. The van der Waals surface area contributed by atoms with Gasteiger partial charge in [-0.1, -0.05) is 0 Å². The van der Waals surface area contributed by atoms with Gasteiger partial charge >= 0.3 is 0 Å². The molecule has 1 heterocycles. The molecule has 76 valence electrons. The van der Waals surface area contributed by atoms with Crippen molar-refractivity contribution in [3.8, 4) is 0 Å². The third-order valence-electron chi connectivity index (χ3n) is 2.72. The SMILES string of the molecule is CC(NCc1ccc(Br)cn1)C1CC1. The van der Waals surface area contributed by atoms with E-state index in [4.69, 9.17) is 0 Å². The standard InChI is InChI=1S/C11H15BrN2/c1-8(9-2-3-9)13-7-11-5-4-10(12)6-14-11/h4-6,8-9,13H,2-3,7H2,1H3. The zero-order valence-corrected chi connectivity index (χ0v) is 9.92. The van der Waals surface area contributed by atoms with E-state index >= 15 is 0 Å². The highest BCUT2D eigenvalue weighted by atomic mass is 79.9. The molecular weight excluding hydrogens is 240 g/mol. The summed E-state index contributed by atoms with van der Waals surface area (Å²) in [5.41, 5.74) is 1.11. The lowest BCUT2D eigenvalue weighted by Gasteiger charge is -2.11. The van der Waals surface area contributed by atoms with Gasteiger partial charge < -0.3 is 5.32 Å². The Morgan fingerprint density at radius 2 is 2.36 bits per heavy atom.